The predicted octanol–water partition coefficient (Wildman–Crippen LogP) is 2.82. The van der Waals surface area contributed by atoms with Gasteiger partial charge in [0.15, 0.2) is 0 Å². The number of hydrogen-bond donors (Lipinski definition) is 1. The third-order valence-corrected chi connectivity index (χ3v) is 5.40. The molecule has 3 aliphatic heterocycles. The summed E-state index contributed by atoms with van der Waals surface area (Å²) < 4.78 is 5.43. The molecular formula is C15H25Cl2N3O. The summed E-state index contributed by atoms with van der Waals surface area (Å²) in [7, 11) is 0. The van der Waals surface area contributed by atoms with Crippen LogP contribution in [0.3, 0.4) is 0 Å². The Morgan fingerprint density at radius 2 is 1.86 bits per heavy atom. The molecule has 0 radical (unpaired) electrons. The van der Waals surface area contributed by atoms with E-state index >= 15 is 0 Å². The SMILES string of the molecule is CC(C)c1cc(CN2[C@@H]3CC[C@H]2[C@H]2CNC[C@H]23)no1.Cl.Cl. The molecule has 4 atom stereocenters. The van der Waals surface area contributed by atoms with Crippen molar-refractivity contribution in [2.75, 3.05) is 13.1 Å². The van der Waals surface area contributed by atoms with Crippen LogP contribution in [0.25, 0.3) is 0 Å². The van der Waals surface area contributed by atoms with E-state index < -0.39 is 0 Å². The number of nitrogens with zero attached hydrogens (tertiary/aromatic N) is 2. The monoisotopic (exact) mass is 333 g/mol. The minimum atomic E-state index is 0. The Labute approximate surface area is 138 Å². The van der Waals surface area contributed by atoms with E-state index in [1.165, 1.54) is 25.9 Å². The highest BCUT2D eigenvalue weighted by Gasteiger charge is 2.54. The molecule has 3 fully saturated rings. The Morgan fingerprint density at radius 3 is 2.38 bits per heavy atom. The van der Waals surface area contributed by atoms with Gasteiger partial charge in [-0.1, -0.05) is 19.0 Å². The second-order valence-corrected chi connectivity index (χ2v) is 6.75. The summed E-state index contributed by atoms with van der Waals surface area (Å²) in [6, 6.07) is 3.71. The molecule has 0 unspecified atom stereocenters. The zero-order valence-electron chi connectivity index (χ0n) is 12.6. The average Bonchev–Trinajstić information content (AvgIpc) is 3.10. The van der Waals surface area contributed by atoms with Crippen LogP contribution < -0.4 is 5.32 Å². The van der Waals surface area contributed by atoms with Gasteiger partial charge in [0, 0.05) is 30.6 Å². The van der Waals surface area contributed by atoms with E-state index in [2.05, 4.69) is 35.3 Å². The minimum Gasteiger partial charge on any atom is -0.361 e. The van der Waals surface area contributed by atoms with Gasteiger partial charge in [0.25, 0.3) is 0 Å². The maximum Gasteiger partial charge on any atom is 0.139 e. The standard InChI is InChI=1S/C15H23N3O.2ClH/c1-9(2)15-5-10(17-19-15)8-18-13-3-4-14(18)12-7-16-6-11(12)13;;/h5,9,11-14,16H,3-4,6-8H2,1-2H3;2*1H/t11-,12+,13-,14+;;. The Morgan fingerprint density at radius 1 is 1.24 bits per heavy atom. The van der Waals surface area contributed by atoms with Crippen LogP contribution in [0.5, 0.6) is 0 Å². The van der Waals surface area contributed by atoms with Gasteiger partial charge in [-0.2, -0.15) is 0 Å². The third kappa shape index (κ3) is 2.72. The average molecular weight is 334 g/mol. The molecule has 3 saturated heterocycles. The van der Waals surface area contributed by atoms with Crippen molar-refractivity contribution in [2.45, 2.75) is 51.2 Å². The van der Waals surface area contributed by atoms with Crippen molar-refractivity contribution >= 4 is 24.8 Å². The fraction of sp³-hybridized carbons (Fsp3) is 0.800. The molecule has 2 bridgehead atoms. The maximum atomic E-state index is 5.43. The van der Waals surface area contributed by atoms with Gasteiger partial charge in [0.05, 0.1) is 5.69 Å². The van der Waals surface area contributed by atoms with Gasteiger partial charge >= 0.3 is 0 Å². The molecule has 120 valence electrons. The van der Waals surface area contributed by atoms with Crippen molar-refractivity contribution in [1.29, 1.82) is 0 Å². The number of hydrogen-bond acceptors (Lipinski definition) is 4. The summed E-state index contributed by atoms with van der Waals surface area (Å²) in [5.74, 6) is 3.22. The molecule has 4 nitrogen and oxygen atoms in total. The van der Waals surface area contributed by atoms with Crippen molar-refractivity contribution < 1.29 is 4.52 Å². The number of halogens is 2. The summed E-state index contributed by atoms with van der Waals surface area (Å²) in [6.45, 7) is 7.73. The molecule has 3 aliphatic rings. The highest BCUT2D eigenvalue weighted by molar-refractivity contribution is 5.85. The quantitative estimate of drug-likeness (QED) is 0.923. The van der Waals surface area contributed by atoms with E-state index in [1.807, 2.05) is 0 Å². The van der Waals surface area contributed by atoms with Crippen molar-refractivity contribution in [3.8, 4) is 0 Å². The van der Waals surface area contributed by atoms with Gasteiger partial charge in [-0.3, -0.25) is 4.90 Å². The molecule has 4 heterocycles. The molecule has 1 aromatic heterocycles. The van der Waals surface area contributed by atoms with Crippen LogP contribution in [-0.2, 0) is 6.54 Å². The van der Waals surface area contributed by atoms with Gasteiger partial charge in [0.1, 0.15) is 5.76 Å². The largest absolute Gasteiger partial charge is 0.361 e. The van der Waals surface area contributed by atoms with E-state index in [1.54, 1.807) is 0 Å². The molecule has 1 aromatic rings. The van der Waals surface area contributed by atoms with Crippen molar-refractivity contribution in [3.63, 3.8) is 0 Å². The molecule has 6 heteroatoms. The lowest BCUT2D eigenvalue weighted by Crippen LogP contribution is -2.33. The van der Waals surface area contributed by atoms with Crippen LogP contribution >= 0.6 is 24.8 Å². The molecule has 0 aromatic carbocycles. The van der Waals surface area contributed by atoms with Crippen LogP contribution in [0, 0.1) is 11.8 Å². The van der Waals surface area contributed by atoms with Crippen molar-refractivity contribution in [2.24, 2.45) is 11.8 Å². The van der Waals surface area contributed by atoms with Gasteiger partial charge in [-0.25, -0.2) is 0 Å². The molecule has 1 N–H and O–H groups in total. The lowest BCUT2D eigenvalue weighted by atomic mass is 9.82. The van der Waals surface area contributed by atoms with Crippen LogP contribution in [0.15, 0.2) is 10.6 Å². The van der Waals surface area contributed by atoms with Crippen LogP contribution in [0.4, 0.5) is 0 Å². The molecular weight excluding hydrogens is 309 g/mol. The second-order valence-electron chi connectivity index (χ2n) is 6.75. The number of nitrogens with one attached hydrogen (secondary N) is 1. The Bertz CT molecular complexity index is 461. The highest BCUT2D eigenvalue weighted by atomic mass is 35.5. The molecule has 0 aliphatic carbocycles. The van der Waals surface area contributed by atoms with Crippen LogP contribution in [0.2, 0.25) is 0 Å². The van der Waals surface area contributed by atoms with Gasteiger partial charge in [-0.15, -0.1) is 24.8 Å². The van der Waals surface area contributed by atoms with E-state index in [-0.39, 0.29) is 24.8 Å². The summed E-state index contributed by atoms with van der Waals surface area (Å²) in [4.78, 5) is 2.71. The van der Waals surface area contributed by atoms with Crippen molar-refractivity contribution in [3.05, 3.63) is 17.5 Å². The summed E-state index contributed by atoms with van der Waals surface area (Å²) in [5.41, 5.74) is 1.12. The molecule has 0 amide bonds. The summed E-state index contributed by atoms with van der Waals surface area (Å²) in [6.07, 6.45) is 2.75. The van der Waals surface area contributed by atoms with E-state index in [4.69, 9.17) is 4.52 Å². The van der Waals surface area contributed by atoms with Gasteiger partial charge in [0.2, 0.25) is 0 Å². The Balaban J connectivity index is 0.000000807. The van der Waals surface area contributed by atoms with Crippen LogP contribution in [0.1, 0.15) is 44.1 Å². The first-order valence-electron chi connectivity index (χ1n) is 7.66. The lowest BCUT2D eigenvalue weighted by molar-refractivity contribution is 0.211. The van der Waals surface area contributed by atoms with E-state index in [9.17, 15) is 0 Å². The first kappa shape index (κ1) is 17.1. The van der Waals surface area contributed by atoms with Gasteiger partial charge in [-0.05, 0) is 37.8 Å². The number of aromatic nitrogens is 1. The summed E-state index contributed by atoms with van der Waals surface area (Å²) in [5, 5.41) is 7.83. The highest BCUT2D eigenvalue weighted by Crippen LogP contribution is 2.47. The minimum absolute atomic E-state index is 0. The van der Waals surface area contributed by atoms with E-state index in [0.717, 1.165) is 41.9 Å². The molecule has 0 spiro atoms. The van der Waals surface area contributed by atoms with Gasteiger partial charge < -0.3 is 9.84 Å². The Kier molecular flexibility index (Phi) is 5.24. The fourth-order valence-corrected chi connectivity index (χ4v) is 4.50. The smallest absolute Gasteiger partial charge is 0.139 e. The van der Waals surface area contributed by atoms with Crippen LogP contribution in [-0.4, -0.2) is 35.2 Å². The lowest BCUT2D eigenvalue weighted by Gasteiger charge is -2.22. The first-order valence-corrected chi connectivity index (χ1v) is 7.66. The Hall–Kier alpha value is -0.290. The number of fused-ring (bicyclic) bond motifs is 5. The zero-order chi connectivity index (χ0) is 13.0. The number of rotatable bonds is 3. The zero-order valence-corrected chi connectivity index (χ0v) is 14.3. The molecule has 0 saturated carbocycles. The maximum absolute atomic E-state index is 5.43. The normalized spacial score (nSPS) is 33.9. The first-order chi connectivity index (χ1) is 9.24. The predicted molar refractivity (Wildman–Crippen MR) is 87.3 cm³/mol. The summed E-state index contributed by atoms with van der Waals surface area (Å²) >= 11 is 0. The third-order valence-electron chi connectivity index (χ3n) is 5.40. The second kappa shape index (κ2) is 6.45. The fourth-order valence-electron chi connectivity index (χ4n) is 4.50. The molecule has 4 rings (SSSR count). The van der Waals surface area contributed by atoms with Crippen molar-refractivity contribution in [1.82, 2.24) is 15.4 Å². The molecule has 21 heavy (non-hydrogen) atoms. The topological polar surface area (TPSA) is 41.3 Å². The van der Waals surface area contributed by atoms with E-state index in [0.29, 0.717) is 5.92 Å².